The van der Waals surface area contributed by atoms with Crippen LogP contribution in [0.25, 0.3) is 0 Å². The van der Waals surface area contributed by atoms with Crippen molar-refractivity contribution in [2.24, 2.45) is 16.8 Å². The highest BCUT2D eigenvalue weighted by molar-refractivity contribution is 5.80. The van der Waals surface area contributed by atoms with E-state index in [9.17, 15) is 0 Å². The lowest BCUT2D eigenvalue weighted by Crippen LogP contribution is -2.44. The van der Waals surface area contributed by atoms with Crippen LogP contribution in [0.5, 0.6) is 0 Å². The summed E-state index contributed by atoms with van der Waals surface area (Å²) in [6.07, 6.45) is 3.76. The fraction of sp³-hybridized carbons (Fsp3) is 0.941. The summed E-state index contributed by atoms with van der Waals surface area (Å²) < 4.78 is 11.9. The van der Waals surface area contributed by atoms with E-state index in [1.165, 1.54) is 12.8 Å². The molecule has 0 saturated carbocycles. The average molecular weight is 322 g/mol. The van der Waals surface area contributed by atoms with E-state index in [1.807, 2.05) is 0 Å². The predicted octanol–water partition coefficient (Wildman–Crippen LogP) is 0.392. The van der Waals surface area contributed by atoms with Crippen LogP contribution in [-0.4, -0.2) is 87.0 Å². The Kier molecular flexibility index (Phi) is 4.48. The molecule has 4 aliphatic rings. The first-order valence-electron chi connectivity index (χ1n) is 9.23. The van der Waals surface area contributed by atoms with Gasteiger partial charge in [0, 0.05) is 44.6 Å². The summed E-state index contributed by atoms with van der Waals surface area (Å²) in [4.78, 5) is 9.67. The Hall–Kier alpha value is -0.850. The molecule has 4 aliphatic heterocycles. The smallest absolute Gasteiger partial charge is 0.194 e. The molecule has 130 valence electrons. The maximum Gasteiger partial charge on any atom is 0.194 e. The normalized spacial score (nSPS) is 40.7. The number of fused-ring (bicyclic) bond motifs is 5. The molecular weight excluding hydrogens is 292 g/mol. The van der Waals surface area contributed by atoms with Crippen LogP contribution in [0.15, 0.2) is 4.99 Å². The number of likely N-dealkylation sites (tertiary alicyclic amines) is 1. The highest BCUT2D eigenvalue weighted by Crippen LogP contribution is 2.47. The zero-order valence-corrected chi connectivity index (χ0v) is 14.4. The minimum atomic E-state index is 0.226. The molecule has 0 aliphatic carbocycles. The van der Waals surface area contributed by atoms with Gasteiger partial charge in [-0.15, -0.1) is 0 Å². The minimum Gasteiger partial charge on any atom is -0.374 e. The van der Waals surface area contributed by atoms with Gasteiger partial charge in [-0.05, 0) is 26.8 Å². The van der Waals surface area contributed by atoms with Crippen molar-refractivity contribution in [2.75, 3.05) is 52.9 Å². The molecule has 0 amide bonds. The number of hydrogen-bond donors (Lipinski definition) is 1. The SMILES string of the molecule is CCNC(=NCC1CN(C)CCO1)N1CC2C3CCC(O3)C2C1. The minimum absolute atomic E-state index is 0.226. The largest absolute Gasteiger partial charge is 0.374 e. The Bertz CT molecular complexity index is 440. The van der Waals surface area contributed by atoms with Crippen LogP contribution in [-0.2, 0) is 9.47 Å². The first-order valence-corrected chi connectivity index (χ1v) is 9.23. The zero-order chi connectivity index (χ0) is 15.8. The summed E-state index contributed by atoms with van der Waals surface area (Å²) in [7, 11) is 2.15. The highest BCUT2D eigenvalue weighted by Gasteiger charge is 2.53. The third-order valence-electron chi connectivity index (χ3n) is 5.87. The molecule has 4 rings (SSSR count). The lowest BCUT2D eigenvalue weighted by atomic mass is 9.82. The molecule has 0 aromatic rings. The zero-order valence-electron chi connectivity index (χ0n) is 14.4. The Balaban J connectivity index is 1.39. The van der Waals surface area contributed by atoms with Gasteiger partial charge in [-0.2, -0.15) is 0 Å². The highest BCUT2D eigenvalue weighted by atomic mass is 16.5. The molecule has 23 heavy (non-hydrogen) atoms. The molecular formula is C17H30N4O2. The molecule has 5 atom stereocenters. The molecule has 0 aromatic carbocycles. The van der Waals surface area contributed by atoms with Crippen molar-refractivity contribution in [1.82, 2.24) is 15.1 Å². The van der Waals surface area contributed by atoms with Crippen molar-refractivity contribution < 1.29 is 9.47 Å². The van der Waals surface area contributed by atoms with Gasteiger partial charge in [0.2, 0.25) is 0 Å². The Morgan fingerprint density at radius 1 is 1.17 bits per heavy atom. The number of nitrogens with zero attached hydrogens (tertiary/aromatic N) is 3. The maximum atomic E-state index is 6.08. The number of guanidine groups is 1. The second-order valence-electron chi connectivity index (χ2n) is 7.47. The van der Waals surface area contributed by atoms with Crippen molar-refractivity contribution >= 4 is 5.96 Å². The predicted molar refractivity (Wildman–Crippen MR) is 89.7 cm³/mol. The lowest BCUT2D eigenvalue weighted by molar-refractivity contribution is -0.0137. The van der Waals surface area contributed by atoms with Crippen molar-refractivity contribution in [3.63, 3.8) is 0 Å². The Morgan fingerprint density at radius 2 is 1.91 bits per heavy atom. The number of likely N-dealkylation sites (N-methyl/N-ethyl adjacent to an activating group) is 1. The van der Waals surface area contributed by atoms with E-state index in [1.54, 1.807) is 0 Å². The number of aliphatic imine (C=N–C) groups is 1. The van der Waals surface area contributed by atoms with Crippen LogP contribution in [0.2, 0.25) is 0 Å². The summed E-state index contributed by atoms with van der Waals surface area (Å²) in [5.74, 6) is 2.50. The first kappa shape index (κ1) is 15.7. The van der Waals surface area contributed by atoms with Crippen LogP contribution >= 0.6 is 0 Å². The van der Waals surface area contributed by atoms with E-state index in [0.29, 0.717) is 12.2 Å². The van der Waals surface area contributed by atoms with Gasteiger partial charge in [-0.25, -0.2) is 0 Å². The van der Waals surface area contributed by atoms with Gasteiger partial charge in [-0.3, -0.25) is 4.99 Å². The molecule has 6 heteroatoms. The second kappa shape index (κ2) is 6.57. The summed E-state index contributed by atoms with van der Waals surface area (Å²) in [5, 5.41) is 3.48. The maximum absolute atomic E-state index is 6.08. The second-order valence-corrected chi connectivity index (χ2v) is 7.47. The van der Waals surface area contributed by atoms with Crippen molar-refractivity contribution in [2.45, 2.75) is 38.1 Å². The van der Waals surface area contributed by atoms with E-state index < -0.39 is 0 Å². The number of rotatable bonds is 3. The van der Waals surface area contributed by atoms with Crippen molar-refractivity contribution in [3.8, 4) is 0 Å². The summed E-state index contributed by atoms with van der Waals surface area (Å²) in [6.45, 7) is 8.84. The van der Waals surface area contributed by atoms with E-state index in [4.69, 9.17) is 14.5 Å². The van der Waals surface area contributed by atoms with Crippen LogP contribution in [0.4, 0.5) is 0 Å². The molecule has 0 aromatic heterocycles. The van der Waals surface area contributed by atoms with Crippen LogP contribution in [0.1, 0.15) is 19.8 Å². The van der Waals surface area contributed by atoms with Gasteiger partial charge in [0.25, 0.3) is 0 Å². The van der Waals surface area contributed by atoms with E-state index in [2.05, 4.69) is 29.1 Å². The third kappa shape index (κ3) is 3.08. The molecule has 4 saturated heterocycles. The summed E-state index contributed by atoms with van der Waals surface area (Å²) in [6, 6.07) is 0. The molecule has 1 N–H and O–H groups in total. The number of morpholine rings is 1. The standard InChI is InChI=1S/C17H30N4O2/c1-3-18-17(19-8-12-9-20(2)6-7-22-12)21-10-13-14(11-21)16-5-4-15(13)23-16/h12-16H,3-11H2,1-2H3,(H,18,19). The number of nitrogens with one attached hydrogen (secondary N) is 1. The molecule has 0 radical (unpaired) electrons. The summed E-state index contributed by atoms with van der Waals surface area (Å²) >= 11 is 0. The van der Waals surface area contributed by atoms with E-state index in [-0.39, 0.29) is 6.10 Å². The van der Waals surface area contributed by atoms with Gasteiger partial charge < -0.3 is 24.6 Å². The average Bonchev–Trinajstić information content (AvgIpc) is 3.23. The first-order chi connectivity index (χ1) is 11.2. The molecule has 0 spiro atoms. The van der Waals surface area contributed by atoms with Crippen molar-refractivity contribution in [3.05, 3.63) is 0 Å². The molecule has 4 fully saturated rings. The van der Waals surface area contributed by atoms with Crippen LogP contribution < -0.4 is 5.32 Å². The summed E-state index contributed by atoms with van der Waals surface area (Å²) in [5.41, 5.74) is 0. The van der Waals surface area contributed by atoms with Gasteiger partial charge >= 0.3 is 0 Å². The third-order valence-corrected chi connectivity index (χ3v) is 5.87. The fourth-order valence-corrected chi connectivity index (χ4v) is 4.72. The van der Waals surface area contributed by atoms with Gasteiger partial charge in [0.1, 0.15) is 0 Å². The number of hydrogen-bond acceptors (Lipinski definition) is 4. The fourth-order valence-electron chi connectivity index (χ4n) is 4.72. The monoisotopic (exact) mass is 322 g/mol. The molecule has 4 heterocycles. The topological polar surface area (TPSA) is 49.3 Å². The van der Waals surface area contributed by atoms with Gasteiger partial charge in [0.15, 0.2) is 5.96 Å². The quantitative estimate of drug-likeness (QED) is 0.602. The van der Waals surface area contributed by atoms with Crippen molar-refractivity contribution in [1.29, 1.82) is 0 Å². The molecule has 6 nitrogen and oxygen atoms in total. The molecule has 5 unspecified atom stereocenters. The van der Waals surface area contributed by atoms with E-state index in [0.717, 1.165) is 63.7 Å². The van der Waals surface area contributed by atoms with Crippen LogP contribution in [0.3, 0.4) is 0 Å². The molecule has 2 bridgehead atoms. The Labute approximate surface area is 139 Å². The van der Waals surface area contributed by atoms with Gasteiger partial charge in [0.05, 0.1) is 31.5 Å². The van der Waals surface area contributed by atoms with Gasteiger partial charge in [-0.1, -0.05) is 0 Å². The van der Waals surface area contributed by atoms with Crippen LogP contribution in [0, 0.1) is 11.8 Å². The number of ether oxygens (including phenoxy) is 2. The van der Waals surface area contributed by atoms with E-state index >= 15 is 0 Å². The lowest BCUT2D eigenvalue weighted by Gasteiger charge is -2.30. The Morgan fingerprint density at radius 3 is 2.57 bits per heavy atom.